The van der Waals surface area contributed by atoms with Gasteiger partial charge < -0.3 is 25.6 Å². The maximum atomic E-state index is 13.8. The van der Waals surface area contributed by atoms with Crippen LogP contribution in [0, 0.1) is 11.7 Å². The van der Waals surface area contributed by atoms with Crippen molar-refractivity contribution in [2.24, 2.45) is 5.92 Å². The first-order chi connectivity index (χ1) is 20.6. The first-order valence-electron chi connectivity index (χ1n) is 14.6. The van der Waals surface area contributed by atoms with Crippen LogP contribution in [-0.4, -0.2) is 65.8 Å². The van der Waals surface area contributed by atoms with Crippen molar-refractivity contribution in [2.75, 3.05) is 25.5 Å². The zero-order valence-electron chi connectivity index (χ0n) is 24.3. The summed E-state index contributed by atoms with van der Waals surface area (Å²) in [5.74, 6) is -1.56. The average Bonchev–Trinajstić information content (AvgIpc) is 3.48. The van der Waals surface area contributed by atoms with E-state index in [9.17, 15) is 28.4 Å². The standard InChI is InChI=1S/C31H36FN5O6/c1-3-34-27(39)20-6-11-24(12-7-20)36(17-19-4-8-22(32)9-5-19)26(38)18-37-28(40)31(43-30(37)42)15-14-21-16-23(10-13-25(21)31)35-29(41)33-2/h4-5,8-10,13,16,20,24H,3,6-7,11-12,14-15,17-18H2,1-2H3,(H,34,39)(H2,33,35,41)/t20?,24?,31-/m1/s1. The fraction of sp³-hybridized carbons (Fsp3) is 0.452. The molecule has 228 valence electrons. The molecule has 2 fully saturated rings. The van der Waals surface area contributed by atoms with Crippen molar-refractivity contribution < 1.29 is 33.1 Å². The van der Waals surface area contributed by atoms with Gasteiger partial charge in [-0.1, -0.05) is 18.2 Å². The summed E-state index contributed by atoms with van der Waals surface area (Å²) in [7, 11) is 1.50. The van der Waals surface area contributed by atoms with Gasteiger partial charge in [-0.15, -0.1) is 0 Å². The molecule has 0 radical (unpaired) electrons. The number of benzene rings is 2. The summed E-state index contributed by atoms with van der Waals surface area (Å²) in [6, 6.07) is 10.3. The van der Waals surface area contributed by atoms with Gasteiger partial charge in [-0.25, -0.2) is 18.9 Å². The normalized spacial score (nSPS) is 22.6. The summed E-state index contributed by atoms with van der Waals surface area (Å²) < 4.78 is 19.3. The van der Waals surface area contributed by atoms with Gasteiger partial charge in [0.05, 0.1) is 0 Å². The summed E-state index contributed by atoms with van der Waals surface area (Å²) in [5.41, 5.74) is 1.03. The van der Waals surface area contributed by atoms with E-state index in [-0.39, 0.29) is 36.9 Å². The van der Waals surface area contributed by atoms with Crippen LogP contribution in [-0.2, 0) is 37.7 Å². The Balaban J connectivity index is 1.33. The van der Waals surface area contributed by atoms with E-state index >= 15 is 0 Å². The molecule has 5 rings (SSSR count). The minimum Gasteiger partial charge on any atom is -0.427 e. The molecule has 3 N–H and O–H groups in total. The van der Waals surface area contributed by atoms with Crippen LogP contribution >= 0.6 is 0 Å². The Kier molecular flexibility index (Phi) is 8.65. The Labute approximate surface area is 249 Å². The summed E-state index contributed by atoms with van der Waals surface area (Å²) in [4.78, 5) is 67.3. The second kappa shape index (κ2) is 12.4. The van der Waals surface area contributed by atoms with Crippen LogP contribution < -0.4 is 16.0 Å². The maximum absolute atomic E-state index is 13.8. The monoisotopic (exact) mass is 593 g/mol. The Morgan fingerprint density at radius 2 is 1.79 bits per heavy atom. The van der Waals surface area contributed by atoms with Gasteiger partial charge in [-0.2, -0.15) is 0 Å². The molecule has 1 heterocycles. The number of urea groups is 1. The van der Waals surface area contributed by atoms with Crippen LogP contribution in [0.3, 0.4) is 0 Å². The Bertz CT molecular complexity index is 1420. The second-order valence-electron chi connectivity index (χ2n) is 11.2. The van der Waals surface area contributed by atoms with Crippen molar-refractivity contribution in [3.63, 3.8) is 0 Å². The number of aryl methyl sites for hydroxylation is 1. The summed E-state index contributed by atoms with van der Waals surface area (Å²) in [6.07, 6.45) is 2.15. The van der Waals surface area contributed by atoms with E-state index in [0.717, 1.165) is 10.5 Å². The minimum atomic E-state index is -1.52. The quantitative estimate of drug-likeness (QED) is 0.429. The number of hydrogen-bond acceptors (Lipinski definition) is 6. The number of carbonyl (C=O) groups is 5. The highest BCUT2D eigenvalue weighted by molar-refractivity contribution is 6.06. The molecule has 1 aliphatic heterocycles. The fourth-order valence-electron chi connectivity index (χ4n) is 6.33. The van der Waals surface area contributed by atoms with Crippen molar-refractivity contribution in [2.45, 2.75) is 63.6 Å². The lowest BCUT2D eigenvalue weighted by molar-refractivity contribution is -0.143. The van der Waals surface area contributed by atoms with E-state index in [1.807, 2.05) is 6.92 Å². The van der Waals surface area contributed by atoms with E-state index in [1.54, 1.807) is 35.2 Å². The smallest absolute Gasteiger partial charge is 0.418 e. The molecular weight excluding hydrogens is 557 g/mol. The van der Waals surface area contributed by atoms with Gasteiger partial charge in [-0.3, -0.25) is 14.4 Å². The van der Waals surface area contributed by atoms with E-state index in [1.165, 1.54) is 19.2 Å². The number of hydrogen-bond donors (Lipinski definition) is 3. The molecule has 43 heavy (non-hydrogen) atoms. The van der Waals surface area contributed by atoms with Crippen molar-refractivity contribution in [1.82, 2.24) is 20.4 Å². The van der Waals surface area contributed by atoms with Crippen LogP contribution in [0.4, 0.5) is 19.7 Å². The fourth-order valence-corrected chi connectivity index (χ4v) is 6.33. The third-order valence-corrected chi connectivity index (χ3v) is 8.58. The molecule has 0 bridgehead atoms. The third kappa shape index (κ3) is 6.04. The van der Waals surface area contributed by atoms with Crippen molar-refractivity contribution in [1.29, 1.82) is 0 Å². The molecule has 0 unspecified atom stereocenters. The lowest BCUT2D eigenvalue weighted by atomic mass is 9.84. The van der Waals surface area contributed by atoms with E-state index < -0.39 is 35.9 Å². The zero-order valence-corrected chi connectivity index (χ0v) is 24.3. The second-order valence-corrected chi connectivity index (χ2v) is 11.2. The van der Waals surface area contributed by atoms with Gasteiger partial charge in [-0.05, 0) is 74.4 Å². The van der Waals surface area contributed by atoms with E-state index in [4.69, 9.17) is 4.74 Å². The van der Waals surface area contributed by atoms with Crippen molar-refractivity contribution >= 4 is 35.5 Å². The molecule has 2 aliphatic carbocycles. The number of nitrogens with zero attached hydrogens (tertiary/aromatic N) is 2. The van der Waals surface area contributed by atoms with Crippen LogP contribution in [0.2, 0.25) is 0 Å². The highest BCUT2D eigenvalue weighted by Crippen LogP contribution is 2.46. The predicted molar refractivity (Wildman–Crippen MR) is 154 cm³/mol. The number of fused-ring (bicyclic) bond motifs is 2. The molecule has 2 aromatic carbocycles. The summed E-state index contributed by atoms with van der Waals surface area (Å²) in [5, 5.41) is 8.03. The van der Waals surface area contributed by atoms with Crippen LogP contribution in [0.5, 0.6) is 0 Å². The first-order valence-corrected chi connectivity index (χ1v) is 14.6. The number of ether oxygens (including phenoxy) is 1. The Morgan fingerprint density at radius 1 is 1.07 bits per heavy atom. The van der Waals surface area contributed by atoms with Gasteiger partial charge in [0.2, 0.25) is 17.4 Å². The van der Waals surface area contributed by atoms with Crippen molar-refractivity contribution in [3.8, 4) is 0 Å². The molecule has 1 spiro atoms. The Hall–Kier alpha value is -4.48. The lowest BCUT2D eigenvalue weighted by Crippen LogP contribution is -2.49. The molecule has 11 nitrogen and oxygen atoms in total. The van der Waals surface area contributed by atoms with Gasteiger partial charge in [0.15, 0.2) is 0 Å². The molecule has 1 saturated carbocycles. The van der Waals surface area contributed by atoms with E-state index in [2.05, 4.69) is 16.0 Å². The third-order valence-electron chi connectivity index (χ3n) is 8.58. The number of nitrogens with one attached hydrogen (secondary N) is 3. The molecule has 2 aromatic rings. The number of rotatable bonds is 8. The number of anilines is 1. The van der Waals surface area contributed by atoms with Gasteiger partial charge >= 0.3 is 12.1 Å². The number of carbonyl (C=O) groups excluding carboxylic acids is 5. The van der Waals surface area contributed by atoms with Gasteiger partial charge in [0, 0.05) is 49.8 Å². The highest BCUT2D eigenvalue weighted by Gasteiger charge is 2.58. The van der Waals surface area contributed by atoms with Gasteiger partial charge in [0.25, 0.3) is 5.91 Å². The van der Waals surface area contributed by atoms with Crippen LogP contribution in [0.1, 0.15) is 55.7 Å². The Morgan fingerprint density at radius 3 is 2.47 bits per heavy atom. The largest absolute Gasteiger partial charge is 0.427 e. The SMILES string of the molecule is CCNC(=O)C1CCC(N(Cc2ccc(F)cc2)C(=O)CN2C(=O)O[C@@]3(CCc4cc(NC(=O)NC)ccc43)C2=O)CC1. The first kappa shape index (κ1) is 30.0. The molecule has 0 aromatic heterocycles. The minimum absolute atomic E-state index is 0.00134. The molecule has 1 saturated heterocycles. The predicted octanol–water partition coefficient (Wildman–Crippen LogP) is 3.42. The highest BCUT2D eigenvalue weighted by atomic mass is 19.1. The summed E-state index contributed by atoms with van der Waals surface area (Å²) >= 11 is 0. The maximum Gasteiger partial charge on any atom is 0.418 e. The topological polar surface area (TPSA) is 137 Å². The molecule has 12 heteroatoms. The zero-order chi connectivity index (χ0) is 30.7. The number of imide groups is 1. The van der Waals surface area contributed by atoms with Crippen molar-refractivity contribution in [3.05, 3.63) is 65.0 Å². The van der Waals surface area contributed by atoms with E-state index in [0.29, 0.717) is 55.5 Å². The molecule has 6 amide bonds. The number of amides is 6. The molecular formula is C31H36FN5O6. The lowest BCUT2D eigenvalue weighted by Gasteiger charge is -2.37. The molecule has 3 aliphatic rings. The summed E-state index contributed by atoms with van der Waals surface area (Å²) in [6.45, 7) is 2.09. The van der Waals surface area contributed by atoms with Gasteiger partial charge in [0.1, 0.15) is 12.4 Å². The average molecular weight is 594 g/mol. The molecule has 1 atom stereocenters. The van der Waals surface area contributed by atoms with Crippen LogP contribution in [0.25, 0.3) is 0 Å². The van der Waals surface area contributed by atoms with Crippen LogP contribution in [0.15, 0.2) is 42.5 Å². The number of halogens is 1.